The number of aromatic amines is 1. The molecule has 0 saturated carbocycles. The molecule has 1 aromatic heterocycles. The summed E-state index contributed by atoms with van der Waals surface area (Å²) in [6.45, 7) is 0.790. The van der Waals surface area contributed by atoms with Crippen molar-refractivity contribution in [2.24, 2.45) is 0 Å². The first-order valence-corrected chi connectivity index (χ1v) is 7.72. The Morgan fingerprint density at radius 2 is 1.71 bits per heavy atom. The highest BCUT2D eigenvalue weighted by molar-refractivity contribution is 5.68. The van der Waals surface area contributed by atoms with E-state index >= 15 is 0 Å². The van der Waals surface area contributed by atoms with E-state index in [4.69, 9.17) is 19.3 Å². The third kappa shape index (κ3) is 2.94. The molecule has 0 bridgehead atoms. The summed E-state index contributed by atoms with van der Waals surface area (Å²) in [6.07, 6.45) is 1.90. The van der Waals surface area contributed by atoms with E-state index in [-0.39, 0.29) is 13.4 Å². The molecule has 5 heteroatoms. The van der Waals surface area contributed by atoms with Gasteiger partial charge in [-0.2, -0.15) is 0 Å². The molecule has 2 aromatic carbocycles. The van der Waals surface area contributed by atoms with Crippen LogP contribution in [0, 0.1) is 0 Å². The Kier molecular flexibility index (Phi) is 3.84. The smallest absolute Gasteiger partial charge is 0.231 e. The van der Waals surface area contributed by atoms with Gasteiger partial charge in [-0.05, 0) is 28.8 Å². The number of hydrogen-bond acceptors (Lipinski definition) is 4. The normalized spacial score (nSPS) is 12.4. The summed E-state index contributed by atoms with van der Waals surface area (Å²) in [5.74, 6) is 2.24. The molecular formula is C19H17NO4. The minimum absolute atomic E-state index is 0.0522. The first-order chi connectivity index (χ1) is 11.8. The number of nitrogens with one attached hydrogen (secondary N) is 1. The Morgan fingerprint density at radius 1 is 0.917 bits per heavy atom. The molecule has 0 aliphatic carbocycles. The average Bonchev–Trinajstić information content (AvgIpc) is 3.29. The summed E-state index contributed by atoms with van der Waals surface area (Å²) in [5, 5.41) is 9.05. The second-order valence-electron chi connectivity index (χ2n) is 5.58. The maximum absolute atomic E-state index is 9.05. The van der Waals surface area contributed by atoms with Crippen LogP contribution >= 0.6 is 0 Å². The summed E-state index contributed by atoms with van der Waals surface area (Å²) in [5.41, 5.74) is 4.01. The molecule has 1 aliphatic rings. The van der Waals surface area contributed by atoms with Gasteiger partial charge in [-0.3, -0.25) is 0 Å². The molecule has 0 fully saturated rings. The lowest BCUT2D eigenvalue weighted by molar-refractivity contribution is 0.174. The van der Waals surface area contributed by atoms with Crippen LogP contribution < -0.4 is 14.2 Å². The van der Waals surface area contributed by atoms with Crippen molar-refractivity contribution in [2.45, 2.75) is 13.2 Å². The van der Waals surface area contributed by atoms with E-state index in [1.165, 1.54) is 0 Å². The average molecular weight is 323 g/mol. The van der Waals surface area contributed by atoms with Gasteiger partial charge in [-0.1, -0.05) is 30.3 Å². The number of hydrogen-bond donors (Lipinski definition) is 2. The monoisotopic (exact) mass is 323 g/mol. The third-order valence-corrected chi connectivity index (χ3v) is 3.96. The van der Waals surface area contributed by atoms with Gasteiger partial charge >= 0.3 is 0 Å². The van der Waals surface area contributed by atoms with Crippen molar-refractivity contribution < 1.29 is 19.3 Å². The summed E-state index contributed by atoms with van der Waals surface area (Å²) >= 11 is 0. The Balaban J connectivity index is 1.44. The molecule has 4 rings (SSSR count). The van der Waals surface area contributed by atoms with Crippen LogP contribution in [0.4, 0.5) is 0 Å². The highest BCUT2D eigenvalue weighted by atomic mass is 16.7. The number of ether oxygens (including phenoxy) is 3. The van der Waals surface area contributed by atoms with Gasteiger partial charge in [-0.25, -0.2) is 0 Å². The standard InChI is InChI=1S/C19H17NO4/c21-10-13-1-3-14(4-2-13)11-22-19-8-16(9-20-19)15-5-6-17-18(7-15)24-12-23-17/h1-9,20-21H,10-12H2. The van der Waals surface area contributed by atoms with Gasteiger partial charge in [0.1, 0.15) is 6.61 Å². The lowest BCUT2D eigenvalue weighted by atomic mass is 10.1. The molecule has 1 aliphatic heterocycles. The van der Waals surface area contributed by atoms with Gasteiger partial charge in [0.05, 0.1) is 6.61 Å². The van der Waals surface area contributed by atoms with E-state index in [1.807, 2.05) is 54.7 Å². The summed E-state index contributed by atoms with van der Waals surface area (Å²) < 4.78 is 16.5. The molecule has 0 unspecified atom stereocenters. The minimum Gasteiger partial charge on any atom is -0.474 e. The van der Waals surface area contributed by atoms with E-state index in [2.05, 4.69) is 4.98 Å². The van der Waals surface area contributed by atoms with Crippen molar-refractivity contribution in [1.82, 2.24) is 4.98 Å². The van der Waals surface area contributed by atoms with Gasteiger partial charge in [-0.15, -0.1) is 0 Å². The van der Waals surface area contributed by atoms with Gasteiger partial charge in [0.2, 0.25) is 6.79 Å². The van der Waals surface area contributed by atoms with Crippen LogP contribution in [0.15, 0.2) is 54.7 Å². The largest absolute Gasteiger partial charge is 0.474 e. The van der Waals surface area contributed by atoms with Gasteiger partial charge in [0, 0.05) is 17.8 Å². The van der Waals surface area contributed by atoms with E-state index < -0.39 is 0 Å². The van der Waals surface area contributed by atoms with Crippen molar-refractivity contribution in [3.8, 4) is 28.5 Å². The van der Waals surface area contributed by atoms with E-state index in [1.54, 1.807) is 0 Å². The molecule has 2 heterocycles. The van der Waals surface area contributed by atoms with Crippen molar-refractivity contribution in [1.29, 1.82) is 0 Å². The molecular weight excluding hydrogens is 306 g/mol. The van der Waals surface area contributed by atoms with E-state index in [9.17, 15) is 0 Å². The number of aliphatic hydroxyl groups excluding tert-OH is 1. The number of H-pyrrole nitrogens is 1. The van der Waals surface area contributed by atoms with Gasteiger partial charge in [0.15, 0.2) is 17.4 Å². The van der Waals surface area contributed by atoms with Crippen molar-refractivity contribution in [2.75, 3.05) is 6.79 Å². The predicted molar refractivity (Wildman–Crippen MR) is 89.0 cm³/mol. The maximum atomic E-state index is 9.05. The fourth-order valence-electron chi connectivity index (χ4n) is 2.60. The van der Waals surface area contributed by atoms with Crippen molar-refractivity contribution in [3.63, 3.8) is 0 Å². The molecule has 122 valence electrons. The van der Waals surface area contributed by atoms with Gasteiger partial charge < -0.3 is 24.3 Å². The molecule has 5 nitrogen and oxygen atoms in total. The first kappa shape index (κ1) is 14.7. The SMILES string of the molecule is OCc1ccc(COc2cc(-c3ccc4c(c3)OCO4)c[nH]2)cc1. The number of rotatable bonds is 5. The Bertz CT molecular complexity index is 839. The minimum atomic E-state index is 0.0522. The van der Waals surface area contributed by atoms with Crippen LogP contribution in [0.1, 0.15) is 11.1 Å². The van der Waals surface area contributed by atoms with Crippen molar-refractivity contribution in [3.05, 3.63) is 65.9 Å². The second-order valence-corrected chi connectivity index (χ2v) is 5.58. The highest BCUT2D eigenvalue weighted by Crippen LogP contribution is 2.36. The van der Waals surface area contributed by atoms with Crippen molar-refractivity contribution >= 4 is 0 Å². The van der Waals surface area contributed by atoms with Crippen LogP contribution in [-0.4, -0.2) is 16.9 Å². The molecule has 0 atom stereocenters. The molecule has 24 heavy (non-hydrogen) atoms. The Morgan fingerprint density at radius 3 is 2.54 bits per heavy atom. The van der Waals surface area contributed by atoms with Crippen LogP contribution in [0.2, 0.25) is 0 Å². The van der Waals surface area contributed by atoms with Crippen LogP contribution in [-0.2, 0) is 13.2 Å². The zero-order valence-electron chi connectivity index (χ0n) is 13.0. The zero-order valence-corrected chi connectivity index (χ0v) is 13.0. The highest BCUT2D eigenvalue weighted by Gasteiger charge is 2.14. The molecule has 2 N–H and O–H groups in total. The Hall–Kier alpha value is -2.92. The zero-order chi connectivity index (χ0) is 16.4. The number of fused-ring (bicyclic) bond motifs is 1. The quantitative estimate of drug-likeness (QED) is 0.754. The van der Waals surface area contributed by atoms with Crippen LogP contribution in [0.25, 0.3) is 11.1 Å². The van der Waals surface area contributed by atoms with Crippen LogP contribution in [0.3, 0.4) is 0 Å². The predicted octanol–water partition coefficient (Wildman–Crippen LogP) is 3.48. The van der Waals surface area contributed by atoms with Crippen LogP contribution in [0.5, 0.6) is 17.4 Å². The fraction of sp³-hybridized carbons (Fsp3) is 0.158. The fourth-order valence-corrected chi connectivity index (χ4v) is 2.60. The topological polar surface area (TPSA) is 63.7 Å². The number of aromatic nitrogens is 1. The first-order valence-electron chi connectivity index (χ1n) is 7.72. The Labute approximate surface area is 139 Å². The summed E-state index contributed by atoms with van der Waals surface area (Å²) in [6, 6.07) is 15.5. The summed E-state index contributed by atoms with van der Waals surface area (Å²) in [4.78, 5) is 3.13. The lowest BCUT2D eigenvalue weighted by Gasteiger charge is -2.04. The van der Waals surface area contributed by atoms with E-state index in [0.29, 0.717) is 12.5 Å². The lowest BCUT2D eigenvalue weighted by Crippen LogP contribution is -1.95. The molecule has 3 aromatic rings. The maximum Gasteiger partial charge on any atom is 0.231 e. The molecule has 0 saturated heterocycles. The third-order valence-electron chi connectivity index (χ3n) is 3.96. The molecule has 0 radical (unpaired) electrons. The summed E-state index contributed by atoms with van der Waals surface area (Å²) in [7, 11) is 0. The number of aliphatic hydroxyl groups is 1. The molecule has 0 spiro atoms. The second kappa shape index (κ2) is 6.29. The van der Waals surface area contributed by atoms with Gasteiger partial charge in [0.25, 0.3) is 0 Å². The molecule has 0 amide bonds. The van der Waals surface area contributed by atoms with E-state index in [0.717, 1.165) is 33.8 Å². The number of benzene rings is 2.